The SMILES string of the molecule is CC1CCN(C(=O)CCCNC(=O)c2cccs2)c2c(O)cccc21. The highest BCUT2D eigenvalue weighted by atomic mass is 32.1. The van der Waals surface area contributed by atoms with Gasteiger partial charge in [0.15, 0.2) is 0 Å². The summed E-state index contributed by atoms with van der Waals surface area (Å²) in [5.74, 6) is 0.372. The summed E-state index contributed by atoms with van der Waals surface area (Å²) >= 11 is 1.40. The Morgan fingerprint density at radius 3 is 2.92 bits per heavy atom. The van der Waals surface area contributed by atoms with Crippen LogP contribution in [0, 0.1) is 0 Å². The monoisotopic (exact) mass is 358 g/mol. The highest BCUT2D eigenvalue weighted by Crippen LogP contribution is 2.41. The molecule has 1 unspecified atom stereocenters. The van der Waals surface area contributed by atoms with Crippen LogP contribution in [-0.4, -0.2) is 30.0 Å². The molecule has 6 heteroatoms. The average molecular weight is 358 g/mol. The number of anilines is 1. The molecule has 1 aliphatic rings. The van der Waals surface area contributed by atoms with E-state index in [-0.39, 0.29) is 17.6 Å². The molecule has 1 aromatic carbocycles. The number of rotatable bonds is 5. The number of hydrogen-bond donors (Lipinski definition) is 2. The number of carbonyl (C=O) groups excluding carboxylic acids is 2. The maximum absolute atomic E-state index is 12.6. The Morgan fingerprint density at radius 2 is 2.16 bits per heavy atom. The lowest BCUT2D eigenvalue weighted by atomic mass is 9.91. The van der Waals surface area contributed by atoms with Crippen molar-refractivity contribution < 1.29 is 14.7 Å². The van der Waals surface area contributed by atoms with Gasteiger partial charge in [-0.3, -0.25) is 9.59 Å². The fourth-order valence-corrected chi connectivity index (χ4v) is 3.79. The van der Waals surface area contributed by atoms with Crippen LogP contribution < -0.4 is 10.2 Å². The van der Waals surface area contributed by atoms with Gasteiger partial charge in [0.25, 0.3) is 5.91 Å². The summed E-state index contributed by atoms with van der Waals surface area (Å²) in [6.45, 7) is 3.19. The average Bonchev–Trinajstić information content (AvgIpc) is 3.14. The number of fused-ring (bicyclic) bond motifs is 1. The number of amides is 2. The summed E-state index contributed by atoms with van der Waals surface area (Å²) in [4.78, 5) is 26.8. The Morgan fingerprint density at radius 1 is 1.32 bits per heavy atom. The van der Waals surface area contributed by atoms with E-state index in [1.54, 1.807) is 17.0 Å². The molecule has 2 heterocycles. The summed E-state index contributed by atoms with van der Waals surface area (Å²) in [5, 5.41) is 14.9. The smallest absolute Gasteiger partial charge is 0.261 e. The number of aromatic hydroxyl groups is 1. The Hall–Kier alpha value is -2.34. The van der Waals surface area contributed by atoms with Gasteiger partial charge in [-0.05, 0) is 41.8 Å². The van der Waals surface area contributed by atoms with Gasteiger partial charge in [-0.2, -0.15) is 0 Å². The molecule has 25 heavy (non-hydrogen) atoms. The molecule has 3 rings (SSSR count). The first-order valence-electron chi connectivity index (χ1n) is 8.52. The fraction of sp³-hybridized carbons (Fsp3) is 0.368. The summed E-state index contributed by atoms with van der Waals surface area (Å²) in [6.07, 6.45) is 1.80. The maximum atomic E-state index is 12.6. The van der Waals surface area contributed by atoms with Crippen molar-refractivity contribution in [1.82, 2.24) is 5.32 Å². The van der Waals surface area contributed by atoms with Gasteiger partial charge in [0.2, 0.25) is 5.91 Å². The first-order valence-corrected chi connectivity index (χ1v) is 9.40. The Balaban J connectivity index is 1.56. The third-order valence-corrected chi connectivity index (χ3v) is 5.40. The zero-order valence-electron chi connectivity index (χ0n) is 14.2. The van der Waals surface area contributed by atoms with Crippen LogP contribution in [0.25, 0.3) is 0 Å². The van der Waals surface area contributed by atoms with Gasteiger partial charge < -0.3 is 15.3 Å². The van der Waals surface area contributed by atoms with Crippen molar-refractivity contribution in [1.29, 1.82) is 0 Å². The largest absolute Gasteiger partial charge is 0.506 e. The van der Waals surface area contributed by atoms with Crippen molar-refractivity contribution >= 4 is 28.8 Å². The van der Waals surface area contributed by atoms with Gasteiger partial charge in [0.05, 0.1) is 10.6 Å². The van der Waals surface area contributed by atoms with E-state index >= 15 is 0 Å². The van der Waals surface area contributed by atoms with Crippen molar-refractivity contribution in [3.05, 3.63) is 46.2 Å². The molecule has 5 nitrogen and oxygen atoms in total. The highest BCUT2D eigenvalue weighted by Gasteiger charge is 2.28. The predicted molar refractivity (Wildman–Crippen MR) is 99.4 cm³/mol. The van der Waals surface area contributed by atoms with Crippen LogP contribution in [0.1, 0.15) is 47.3 Å². The number of carbonyl (C=O) groups is 2. The van der Waals surface area contributed by atoms with Gasteiger partial charge in [-0.15, -0.1) is 11.3 Å². The van der Waals surface area contributed by atoms with Crippen LogP contribution >= 0.6 is 11.3 Å². The minimum absolute atomic E-state index is 0.0139. The van der Waals surface area contributed by atoms with E-state index in [1.165, 1.54) is 11.3 Å². The molecule has 1 aromatic heterocycles. The second-order valence-corrected chi connectivity index (χ2v) is 7.23. The molecular formula is C19H22N2O3S. The van der Waals surface area contributed by atoms with Crippen molar-refractivity contribution in [3.63, 3.8) is 0 Å². The molecular weight excluding hydrogens is 336 g/mol. The van der Waals surface area contributed by atoms with Crippen molar-refractivity contribution in [2.75, 3.05) is 18.0 Å². The van der Waals surface area contributed by atoms with Gasteiger partial charge in [0, 0.05) is 19.5 Å². The van der Waals surface area contributed by atoms with E-state index in [9.17, 15) is 14.7 Å². The molecule has 0 fully saturated rings. The Bertz CT molecular complexity index is 758. The van der Waals surface area contributed by atoms with Gasteiger partial charge in [0.1, 0.15) is 5.75 Å². The number of nitrogens with zero attached hydrogens (tertiary/aromatic N) is 1. The second kappa shape index (κ2) is 7.70. The maximum Gasteiger partial charge on any atom is 0.261 e. The molecule has 2 aromatic rings. The van der Waals surface area contributed by atoms with Gasteiger partial charge in [-0.25, -0.2) is 0 Å². The molecule has 2 amide bonds. The quantitative estimate of drug-likeness (QED) is 0.804. The molecule has 1 atom stereocenters. The standard InChI is InChI=1S/C19H22N2O3S/c1-13-9-11-21(18-14(13)5-2-6-15(18)22)17(23)8-3-10-20-19(24)16-7-4-12-25-16/h2,4-7,12-13,22H,3,8-11H2,1H3,(H,20,24). The minimum Gasteiger partial charge on any atom is -0.506 e. The summed E-state index contributed by atoms with van der Waals surface area (Å²) in [7, 11) is 0. The van der Waals surface area contributed by atoms with Crippen LogP contribution in [0.2, 0.25) is 0 Å². The predicted octanol–water partition coefficient (Wildman–Crippen LogP) is 3.50. The lowest BCUT2D eigenvalue weighted by molar-refractivity contribution is -0.118. The second-order valence-electron chi connectivity index (χ2n) is 6.29. The molecule has 0 aliphatic carbocycles. The highest BCUT2D eigenvalue weighted by molar-refractivity contribution is 7.12. The topological polar surface area (TPSA) is 69.6 Å². The number of phenolic OH excluding ortho intramolecular Hbond substituents is 1. The molecule has 0 radical (unpaired) electrons. The fourth-order valence-electron chi connectivity index (χ4n) is 3.15. The molecule has 0 saturated carbocycles. The third-order valence-electron chi connectivity index (χ3n) is 4.53. The summed E-state index contributed by atoms with van der Waals surface area (Å²) in [6, 6.07) is 9.03. The molecule has 2 N–H and O–H groups in total. The van der Waals surface area contributed by atoms with Crippen LogP contribution in [0.4, 0.5) is 5.69 Å². The zero-order valence-corrected chi connectivity index (χ0v) is 15.0. The van der Waals surface area contributed by atoms with Crippen LogP contribution in [0.3, 0.4) is 0 Å². The number of para-hydroxylation sites is 1. The Kier molecular flexibility index (Phi) is 5.38. The van der Waals surface area contributed by atoms with Crippen LogP contribution in [-0.2, 0) is 4.79 Å². The van der Waals surface area contributed by atoms with E-state index in [4.69, 9.17) is 0 Å². The van der Waals surface area contributed by atoms with E-state index in [0.29, 0.717) is 42.4 Å². The molecule has 1 aliphatic heterocycles. The number of phenols is 1. The van der Waals surface area contributed by atoms with Crippen LogP contribution in [0.5, 0.6) is 5.75 Å². The number of thiophene rings is 1. The van der Waals surface area contributed by atoms with Crippen LogP contribution in [0.15, 0.2) is 35.7 Å². The normalized spacial score (nSPS) is 16.4. The molecule has 132 valence electrons. The van der Waals surface area contributed by atoms with E-state index < -0.39 is 0 Å². The van der Waals surface area contributed by atoms with Crippen molar-refractivity contribution in [2.45, 2.75) is 32.1 Å². The zero-order chi connectivity index (χ0) is 17.8. The van der Waals surface area contributed by atoms with E-state index in [1.807, 2.05) is 23.6 Å². The third kappa shape index (κ3) is 3.85. The van der Waals surface area contributed by atoms with Crippen molar-refractivity contribution in [3.8, 4) is 5.75 Å². The first-order chi connectivity index (χ1) is 12.1. The molecule has 0 bridgehead atoms. The Labute approximate surface area is 151 Å². The summed E-state index contributed by atoms with van der Waals surface area (Å²) in [5.41, 5.74) is 1.67. The summed E-state index contributed by atoms with van der Waals surface area (Å²) < 4.78 is 0. The number of hydrogen-bond acceptors (Lipinski definition) is 4. The number of benzene rings is 1. The number of nitrogens with one attached hydrogen (secondary N) is 1. The molecule has 0 spiro atoms. The minimum atomic E-state index is -0.0998. The van der Waals surface area contributed by atoms with Crippen molar-refractivity contribution in [2.24, 2.45) is 0 Å². The van der Waals surface area contributed by atoms with Gasteiger partial charge in [-0.1, -0.05) is 25.1 Å². The van der Waals surface area contributed by atoms with E-state index in [2.05, 4.69) is 12.2 Å². The lowest BCUT2D eigenvalue weighted by Gasteiger charge is -2.33. The van der Waals surface area contributed by atoms with E-state index in [0.717, 1.165) is 12.0 Å². The first kappa shape index (κ1) is 17.5. The lowest BCUT2D eigenvalue weighted by Crippen LogP contribution is -2.36. The van der Waals surface area contributed by atoms with Gasteiger partial charge >= 0.3 is 0 Å². The molecule has 0 saturated heterocycles.